The minimum absolute atomic E-state index is 0.806. The molecule has 0 fully saturated rings. The van der Waals surface area contributed by atoms with E-state index in [1.807, 2.05) is 18.0 Å². The van der Waals surface area contributed by atoms with E-state index in [2.05, 4.69) is 95.9 Å². The first-order chi connectivity index (χ1) is 17.0. The summed E-state index contributed by atoms with van der Waals surface area (Å²) in [5, 5.41) is 6.92. The summed E-state index contributed by atoms with van der Waals surface area (Å²) >= 11 is 3.46. The van der Waals surface area contributed by atoms with E-state index in [1.165, 1.54) is 15.4 Å². The molecule has 2 aromatic carbocycles. The lowest BCUT2D eigenvalue weighted by Gasteiger charge is -2.30. The van der Waals surface area contributed by atoms with Gasteiger partial charge < -0.3 is 15.4 Å². The number of rotatable bonds is 13. The van der Waals surface area contributed by atoms with Crippen molar-refractivity contribution in [2.45, 2.75) is 56.7 Å². The highest BCUT2D eigenvalue weighted by atomic mass is 32.2. The zero-order chi connectivity index (χ0) is 25.0. The zero-order valence-electron chi connectivity index (χ0n) is 21.2. The molecule has 8 heteroatoms. The highest BCUT2D eigenvalue weighted by Gasteiger charge is 2.24. The van der Waals surface area contributed by atoms with Crippen molar-refractivity contribution < 1.29 is 4.21 Å². The third-order valence-electron chi connectivity index (χ3n) is 5.48. The van der Waals surface area contributed by atoms with Gasteiger partial charge in [0, 0.05) is 57.7 Å². The largest absolute Gasteiger partial charge is 0.389 e. The standard InChI is InChI=1S/C27H38N4OS3/c1-5-8-25(6-2)35(32)31-17-18-33-27-14-11-23(19-26(27)31)29-16-7-15-28-20-22(4)30-34-24-12-9-21(3)10-13-24/h8-14,19-20,28-30H,5-7,15-18H2,1-4H3/b22-20+,25-8+. The van der Waals surface area contributed by atoms with E-state index >= 15 is 0 Å². The third kappa shape index (κ3) is 8.54. The Labute approximate surface area is 222 Å². The molecular weight excluding hydrogens is 493 g/mol. The molecule has 0 saturated carbocycles. The van der Waals surface area contributed by atoms with Gasteiger partial charge >= 0.3 is 0 Å². The molecule has 0 aromatic heterocycles. The first kappa shape index (κ1) is 27.6. The van der Waals surface area contributed by atoms with Crippen molar-refractivity contribution in [1.82, 2.24) is 10.0 Å². The average molecular weight is 531 g/mol. The molecule has 2 aromatic rings. The Morgan fingerprint density at radius 2 is 1.97 bits per heavy atom. The monoisotopic (exact) mass is 530 g/mol. The topological polar surface area (TPSA) is 56.4 Å². The van der Waals surface area contributed by atoms with Crippen LogP contribution in [0.3, 0.4) is 0 Å². The van der Waals surface area contributed by atoms with Crippen molar-refractivity contribution in [3.63, 3.8) is 0 Å². The van der Waals surface area contributed by atoms with Crippen LogP contribution in [0.1, 0.15) is 45.6 Å². The summed E-state index contributed by atoms with van der Waals surface area (Å²) in [7, 11) is -1.11. The number of hydrogen-bond donors (Lipinski definition) is 3. The zero-order valence-corrected chi connectivity index (χ0v) is 23.7. The van der Waals surface area contributed by atoms with Gasteiger partial charge in [0.25, 0.3) is 0 Å². The molecular formula is C27H38N4OS3. The fourth-order valence-electron chi connectivity index (χ4n) is 3.61. The molecule has 1 aliphatic rings. The number of fused-ring (bicyclic) bond motifs is 1. The molecule has 1 unspecified atom stereocenters. The van der Waals surface area contributed by atoms with Gasteiger partial charge in [-0.05, 0) is 75.4 Å². The Morgan fingerprint density at radius 1 is 1.17 bits per heavy atom. The van der Waals surface area contributed by atoms with Crippen LogP contribution >= 0.6 is 23.7 Å². The Morgan fingerprint density at radius 3 is 2.71 bits per heavy atom. The summed E-state index contributed by atoms with van der Waals surface area (Å²) < 4.78 is 18.7. The van der Waals surface area contributed by atoms with Gasteiger partial charge in [0.05, 0.1) is 5.69 Å². The molecule has 0 aliphatic carbocycles. The van der Waals surface area contributed by atoms with Crippen LogP contribution < -0.4 is 19.7 Å². The number of nitrogens with zero attached hydrogens (tertiary/aromatic N) is 1. The van der Waals surface area contributed by atoms with Crippen LogP contribution in [0.25, 0.3) is 0 Å². The van der Waals surface area contributed by atoms with Crippen LogP contribution in [0.4, 0.5) is 11.4 Å². The van der Waals surface area contributed by atoms with Crippen molar-refractivity contribution in [2.24, 2.45) is 0 Å². The normalized spacial score (nSPS) is 14.9. The fourth-order valence-corrected chi connectivity index (χ4v) is 6.79. The van der Waals surface area contributed by atoms with Crippen molar-refractivity contribution >= 4 is 46.1 Å². The molecule has 0 radical (unpaired) electrons. The number of thioether (sulfide) groups is 1. The van der Waals surface area contributed by atoms with E-state index < -0.39 is 11.0 Å². The van der Waals surface area contributed by atoms with Gasteiger partial charge in [-0.1, -0.05) is 37.6 Å². The van der Waals surface area contributed by atoms with Crippen molar-refractivity contribution in [3.05, 3.63) is 70.9 Å². The second-order valence-electron chi connectivity index (χ2n) is 8.39. The quantitative estimate of drug-likeness (QED) is 0.195. The highest BCUT2D eigenvalue weighted by Crippen LogP contribution is 2.38. The van der Waals surface area contributed by atoms with Gasteiger partial charge in [-0.15, -0.1) is 11.8 Å². The SMILES string of the molecule is CC/C=C(\CC)S(=O)N1CCSc2ccc(NCCCN/C=C(\C)NSc3ccc(C)cc3)cc21. The molecule has 0 saturated heterocycles. The lowest BCUT2D eigenvalue weighted by molar-refractivity contribution is 0.682. The van der Waals surface area contributed by atoms with E-state index in [0.29, 0.717) is 0 Å². The minimum Gasteiger partial charge on any atom is -0.389 e. The smallest absolute Gasteiger partial charge is 0.148 e. The predicted octanol–water partition coefficient (Wildman–Crippen LogP) is 6.82. The summed E-state index contributed by atoms with van der Waals surface area (Å²) in [6.07, 6.45) is 6.86. The molecule has 5 nitrogen and oxygen atoms in total. The highest BCUT2D eigenvalue weighted by molar-refractivity contribution is 8.00. The summed E-state index contributed by atoms with van der Waals surface area (Å²) in [5.41, 5.74) is 4.52. The number of anilines is 2. The molecule has 1 atom stereocenters. The van der Waals surface area contributed by atoms with Crippen molar-refractivity contribution in [2.75, 3.05) is 35.0 Å². The van der Waals surface area contributed by atoms with Crippen LogP contribution in [0.2, 0.25) is 0 Å². The summed E-state index contributed by atoms with van der Waals surface area (Å²) in [5.74, 6) is 0.964. The Hall–Kier alpha value is -2.03. The predicted molar refractivity (Wildman–Crippen MR) is 156 cm³/mol. The van der Waals surface area contributed by atoms with E-state index in [9.17, 15) is 4.21 Å². The Bertz CT molecular complexity index is 1040. The lowest BCUT2D eigenvalue weighted by atomic mass is 10.2. The van der Waals surface area contributed by atoms with Gasteiger partial charge in [-0.25, -0.2) is 4.21 Å². The van der Waals surface area contributed by atoms with E-state index in [0.717, 1.165) is 66.6 Å². The number of hydrogen-bond acceptors (Lipinski definition) is 6. The lowest BCUT2D eigenvalue weighted by Crippen LogP contribution is -2.32. The van der Waals surface area contributed by atoms with Gasteiger partial charge in [-0.3, -0.25) is 4.31 Å². The first-order valence-electron chi connectivity index (χ1n) is 12.3. The molecule has 35 heavy (non-hydrogen) atoms. The Kier molecular flexibility index (Phi) is 11.4. The van der Waals surface area contributed by atoms with Gasteiger partial charge in [0.15, 0.2) is 0 Å². The van der Waals surface area contributed by atoms with E-state index in [1.54, 1.807) is 11.9 Å². The summed E-state index contributed by atoms with van der Waals surface area (Å²) in [4.78, 5) is 3.43. The number of allylic oxidation sites excluding steroid dienone is 3. The van der Waals surface area contributed by atoms with Crippen LogP contribution in [0.5, 0.6) is 0 Å². The third-order valence-corrected chi connectivity index (χ3v) is 9.14. The fraction of sp³-hybridized carbons (Fsp3) is 0.407. The molecule has 3 rings (SSSR count). The maximum atomic E-state index is 13.2. The molecule has 0 spiro atoms. The van der Waals surface area contributed by atoms with Crippen molar-refractivity contribution in [1.29, 1.82) is 0 Å². The van der Waals surface area contributed by atoms with Crippen LogP contribution in [0, 0.1) is 6.92 Å². The number of aryl methyl sites for hydroxylation is 1. The van der Waals surface area contributed by atoms with Gasteiger partial charge in [0.2, 0.25) is 0 Å². The van der Waals surface area contributed by atoms with E-state index in [4.69, 9.17) is 0 Å². The van der Waals surface area contributed by atoms with Crippen LogP contribution in [-0.4, -0.2) is 29.6 Å². The summed E-state index contributed by atoms with van der Waals surface area (Å²) in [6, 6.07) is 14.9. The number of nitrogens with one attached hydrogen (secondary N) is 3. The molecule has 1 aliphatic heterocycles. The summed E-state index contributed by atoms with van der Waals surface area (Å²) in [6.45, 7) is 10.9. The van der Waals surface area contributed by atoms with Crippen LogP contribution in [-0.2, 0) is 11.0 Å². The van der Waals surface area contributed by atoms with Gasteiger partial charge in [-0.2, -0.15) is 0 Å². The van der Waals surface area contributed by atoms with Crippen LogP contribution in [0.15, 0.2) is 75.1 Å². The molecule has 1 heterocycles. The van der Waals surface area contributed by atoms with Crippen molar-refractivity contribution in [3.8, 4) is 0 Å². The van der Waals surface area contributed by atoms with Gasteiger partial charge in [0.1, 0.15) is 11.0 Å². The minimum atomic E-state index is -1.11. The average Bonchev–Trinajstić information content (AvgIpc) is 2.88. The second-order valence-corrected chi connectivity index (χ2v) is 11.9. The second kappa shape index (κ2) is 14.5. The first-order valence-corrected chi connectivity index (χ1v) is 15.2. The maximum Gasteiger partial charge on any atom is 0.148 e. The Balaban J connectivity index is 1.45. The van der Waals surface area contributed by atoms with E-state index in [-0.39, 0.29) is 0 Å². The maximum absolute atomic E-state index is 13.2. The molecule has 3 N–H and O–H groups in total. The molecule has 190 valence electrons. The number of benzene rings is 2. The molecule has 0 amide bonds. The molecule has 0 bridgehead atoms.